The van der Waals surface area contributed by atoms with E-state index in [0.29, 0.717) is 37.9 Å². The standard InChI is InChI=1S/C40H53F3N6O9S/c1-8-57-25-13-14-27-28(18-25)45-33(31(44-27)40(41,42)43)58-26-19-29-32(50)46-39(35(52)47-59(55,56)38(7)15-16-38)20-24(39)12-10-9-11-22(2)17-23(3)30(34(51)48(29)21-26)49(36(53)54)37(4,5)6/h10,12-14,18,22-24,26,29-30H,8-9,11,15-17,19-21H2,1-7H3,(H,46,50)(H,47,52)(H,53,54)/t22-,23-,24-,26-,29+,30+,39-/m1/s1. The smallest absolute Gasteiger partial charge is 0.438 e. The van der Waals surface area contributed by atoms with Gasteiger partial charge in [-0.3, -0.25) is 24.0 Å². The lowest BCUT2D eigenvalue weighted by Gasteiger charge is -2.43. The van der Waals surface area contributed by atoms with Crippen LogP contribution >= 0.6 is 0 Å². The van der Waals surface area contributed by atoms with Crippen molar-refractivity contribution in [2.75, 3.05) is 13.2 Å². The molecule has 2 aliphatic heterocycles. The van der Waals surface area contributed by atoms with Crippen LogP contribution in [0, 0.1) is 17.8 Å². The Morgan fingerprint density at radius 1 is 1.10 bits per heavy atom. The van der Waals surface area contributed by atoms with Gasteiger partial charge in [-0.15, -0.1) is 0 Å². The van der Waals surface area contributed by atoms with Crippen molar-refractivity contribution in [3.05, 3.63) is 36.0 Å². The molecule has 3 fully saturated rings. The van der Waals surface area contributed by atoms with Gasteiger partial charge in [0, 0.05) is 23.9 Å². The minimum absolute atomic E-state index is 0.0110. The second-order valence-electron chi connectivity index (χ2n) is 17.7. The maximum absolute atomic E-state index is 15.0. The highest BCUT2D eigenvalue weighted by Gasteiger charge is 2.63. The Morgan fingerprint density at radius 3 is 2.41 bits per heavy atom. The molecule has 4 amide bonds. The maximum atomic E-state index is 15.0. The first-order valence-corrected chi connectivity index (χ1v) is 21.5. The SMILES string of the molecule is CCOc1ccc2nc(C(F)(F)F)c(O[C@@H]3C[C@H]4C(=O)N[C@]5(C(=O)NS(=O)(=O)C6(C)CC6)C[C@H]5C=CCC[C@@H](C)C[C@@H](C)[C@H](N(C(=O)O)C(C)(C)C)C(=O)N4C3)nc2c1. The Morgan fingerprint density at radius 2 is 1.80 bits per heavy atom. The molecule has 2 aromatic rings. The molecule has 2 saturated carbocycles. The van der Waals surface area contributed by atoms with E-state index in [9.17, 15) is 41.1 Å². The highest BCUT2D eigenvalue weighted by molar-refractivity contribution is 7.91. The molecule has 59 heavy (non-hydrogen) atoms. The largest absolute Gasteiger partial charge is 0.494 e. The van der Waals surface area contributed by atoms with Crippen LogP contribution in [-0.2, 0) is 30.6 Å². The van der Waals surface area contributed by atoms with Crippen molar-refractivity contribution in [3.8, 4) is 11.6 Å². The summed E-state index contributed by atoms with van der Waals surface area (Å²) in [6.45, 7) is 11.7. The molecule has 0 spiro atoms. The molecule has 2 aliphatic carbocycles. The maximum Gasteiger partial charge on any atom is 0.438 e. The van der Waals surface area contributed by atoms with Gasteiger partial charge in [-0.05, 0) is 97.1 Å². The summed E-state index contributed by atoms with van der Waals surface area (Å²) in [6, 6.07) is 1.36. The highest BCUT2D eigenvalue weighted by atomic mass is 32.2. The fourth-order valence-electron chi connectivity index (χ4n) is 8.26. The number of carboxylic acid groups (broad SMARTS) is 1. The van der Waals surface area contributed by atoms with Gasteiger partial charge in [0.1, 0.15) is 29.5 Å². The van der Waals surface area contributed by atoms with E-state index >= 15 is 4.79 Å². The molecular formula is C40H53F3N6O9S. The number of carbonyl (C=O) groups excluding carboxylic acids is 3. The molecule has 324 valence electrons. The summed E-state index contributed by atoms with van der Waals surface area (Å²) in [4.78, 5) is 66.6. The lowest BCUT2D eigenvalue weighted by Crippen LogP contribution is -2.62. The molecule has 0 unspecified atom stereocenters. The lowest BCUT2D eigenvalue weighted by molar-refractivity contribution is -0.146. The van der Waals surface area contributed by atoms with Crippen LogP contribution in [0.15, 0.2) is 30.4 Å². The Balaban J connectivity index is 1.42. The predicted octanol–water partition coefficient (Wildman–Crippen LogP) is 5.43. The van der Waals surface area contributed by atoms with Crippen molar-refractivity contribution in [2.24, 2.45) is 17.8 Å². The summed E-state index contributed by atoms with van der Waals surface area (Å²) >= 11 is 0. The van der Waals surface area contributed by atoms with Crippen molar-refractivity contribution in [1.29, 1.82) is 0 Å². The normalized spacial score (nSPS) is 28.7. The summed E-state index contributed by atoms with van der Waals surface area (Å²) in [7, 11) is -4.12. The second kappa shape index (κ2) is 15.7. The first-order valence-electron chi connectivity index (χ1n) is 20.0. The number of aromatic nitrogens is 2. The van der Waals surface area contributed by atoms with Gasteiger partial charge in [0.05, 0.1) is 28.9 Å². The van der Waals surface area contributed by atoms with E-state index in [0.717, 1.165) is 9.80 Å². The predicted molar refractivity (Wildman–Crippen MR) is 209 cm³/mol. The van der Waals surface area contributed by atoms with Gasteiger partial charge in [0.2, 0.25) is 33.4 Å². The van der Waals surface area contributed by atoms with Crippen LogP contribution in [0.4, 0.5) is 18.0 Å². The number of rotatable bonds is 8. The van der Waals surface area contributed by atoms with E-state index in [-0.39, 0.29) is 36.4 Å². The van der Waals surface area contributed by atoms with Crippen LogP contribution in [0.2, 0.25) is 0 Å². The minimum Gasteiger partial charge on any atom is -0.494 e. The topological polar surface area (TPSA) is 197 Å². The number of sulfonamides is 1. The van der Waals surface area contributed by atoms with Crippen LogP contribution in [0.25, 0.3) is 11.0 Å². The zero-order chi connectivity index (χ0) is 43.5. The first kappa shape index (κ1) is 43.9. The Hall–Kier alpha value is -4.68. The number of carbonyl (C=O) groups is 4. The number of ether oxygens (including phenoxy) is 2. The molecule has 4 aliphatic rings. The molecule has 1 aromatic heterocycles. The molecule has 3 N–H and O–H groups in total. The van der Waals surface area contributed by atoms with Crippen LogP contribution in [0.3, 0.4) is 0 Å². The average Bonchev–Trinajstić information content (AvgIpc) is 4.00. The van der Waals surface area contributed by atoms with E-state index in [1.54, 1.807) is 40.7 Å². The summed E-state index contributed by atoms with van der Waals surface area (Å²) in [5.41, 5.74) is -4.33. The van der Waals surface area contributed by atoms with Crippen molar-refractivity contribution >= 4 is 44.9 Å². The number of allylic oxidation sites excluding steroid dienone is 1. The van der Waals surface area contributed by atoms with Crippen LogP contribution in [0.1, 0.15) is 99.1 Å². The van der Waals surface area contributed by atoms with Gasteiger partial charge in [-0.25, -0.2) is 23.2 Å². The molecule has 1 saturated heterocycles. The fourth-order valence-corrected chi connectivity index (χ4v) is 9.58. The molecule has 7 atom stereocenters. The Labute approximate surface area is 341 Å². The van der Waals surface area contributed by atoms with Gasteiger partial charge in [0.15, 0.2) is 0 Å². The number of hydrogen-bond donors (Lipinski definition) is 3. The summed E-state index contributed by atoms with van der Waals surface area (Å²) in [6.07, 6.45) is -2.13. The average molecular weight is 851 g/mol. The number of alkyl halides is 3. The number of nitrogens with one attached hydrogen (secondary N) is 2. The second-order valence-corrected chi connectivity index (χ2v) is 19.9. The van der Waals surface area contributed by atoms with E-state index in [4.69, 9.17) is 9.47 Å². The quantitative estimate of drug-likeness (QED) is 0.287. The molecule has 0 bridgehead atoms. The van der Waals surface area contributed by atoms with Crippen LogP contribution < -0.4 is 19.5 Å². The number of nitrogens with zero attached hydrogens (tertiary/aromatic N) is 4. The van der Waals surface area contributed by atoms with E-state index < -0.39 is 104 Å². The molecule has 1 aromatic carbocycles. The lowest BCUT2D eigenvalue weighted by atomic mass is 9.85. The third kappa shape index (κ3) is 8.94. The van der Waals surface area contributed by atoms with Crippen molar-refractivity contribution < 1.29 is 55.3 Å². The van der Waals surface area contributed by atoms with E-state index in [2.05, 4.69) is 20.0 Å². The highest BCUT2D eigenvalue weighted by Crippen LogP contribution is 2.48. The fraction of sp³-hybridized carbons (Fsp3) is 0.650. The van der Waals surface area contributed by atoms with Crippen molar-refractivity contribution in [1.82, 2.24) is 29.8 Å². The molecule has 6 rings (SSSR count). The number of benzene rings is 1. The van der Waals surface area contributed by atoms with Crippen molar-refractivity contribution in [3.63, 3.8) is 0 Å². The van der Waals surface area contributed by atoms with Gasteiger partial charge >= 0.3 is 12.3 Å². The third-order valence-electron chi connectivity index (χ3n) is 11.9. The Kier molecular flexibility index (Phi) is 11.7. The van der Waals surface area contributed by atoms with E-state index in [1.807, 2.05) is 13.0 Å². The molecule has 19 heteroatoms. The van der Waals surface area contributed by atoms with E-state index in [1.165, 1.54) is 25.1 Å². The summed E-state index contributed by atoms with van der Waals surface area (Å²) < 4.78 is 82.4. The number of fused-ring (bicyclic) bond motifs is 3. The first-order chi connectivity index (χ1) is 27.4. The van der Waals surface area contributed by atoms with Gasteiger partial charge < -0.3 is 24.8 Å². The van der Waals surface area contributed by atoms with Crippen LogP contribution in [-0.4, -0.2) is 104 Å². The zero-order valence-electron chi connectivity index (χ0n) is 34.3. The molecule has 3 heterocycles. The summed E-state index contributed by atoms with van der Waals surface area (Å²) in [5, 5.41) is 13.3. The van der Waals surface area contributed by atoms with Crippen molar-refractivity contribution in [2.45, 2.75) is 134 Å². The number of amides is 4. The Bertz CT molecular complexity index is 2140. The van der Waals surface area contributed by atoms with Crippen LogP contribution in [0.5, 0.6) is 11.6 Å². The van der Waals surface area contributed by atoms with Gasteiger partial charge in [-0.1, -0.05) is 26.0 Å². The van der Waals surface area contributed by atoms with Gasteiger partial charge in [0.25, 0.3) is 5.91 Å². The number of hydrogen-bond acceptors (Lipinski definition) is 10. The number of halogens is 3. The van der Waals surface area contributed by atoms with Gasteiger partial charge in [-0.2, -0.15) is 13.2 Å². The monoisotopic (exact) mass is 850 g/mol. The summed E-state index contributed by atoms with van der Waals surface area (Å²) in [5.74, 6) is -4.39. The molecule has 0 radical (unpaired) electrons. The third-order valence-corrected chi connectivity index (χ3v) is 14.0. The molecular weight excluding hydrogens is 798 g/mol. The molecule has 15 nitrogen and oxygen atoms in total. The zero-order valence-corrected chi connectivity index (χ0v) is 35.1. The minimum atomic E-state index is -5.02.